The summed E-state index contributed by atoms with van der Waals surface area (Å²) in [5.41, 5.74) is 14.6. The summed E-state index contributed by atoms with van der Waals surface area (Å²) in [5.74, 6) is 0. The third-order valence-electron chi connectivity index (χ3n) is 2.22. The summed E-state index contributed by atoms with van der Waals surface area (Å²) in [6, 6.07) is 6.56. The Labute approximate surface area is 109 Å². The number of hydrogen-bond acceptors (Lipinski definition) is 4. The predicted molar refractivity (Wildman–Crippen MR) is 71.8 cm³/mol. The van der Waals surface area contributed by atoms with E-state index in [1.807, 2.05) is 0 Å². The lowest BCUT2D eigenvalue weighted by molar-refractivity contribution is 0.0244. The Bertz CT molecular complexity index is 458. The van der Waals surface area contributed by atoms with Crippen molar-refractivity contribution in [3.05, 3.63) is 40.3 Å². The van der Waals surface area contributed by atoms with Crippen molar-refractivity contribution in [1.29, 1.82) is 0 Å². The molecule has 2 unspecified atom stereocenters. The number of thiocarbonyl (C=S) groups is 1. The number of nitrogens with two attached hydrogens (primary N) is 1. The molecule has 0 aliphatic heterocycles. The van der Waals surface area contributed by atoms with Crippen molar-refractivity contribution in [2.45, 2.75) is 12.2 Å². The molecule has 96 valence electrons. The second-order valence-electron chi connectivity index (χ2n) is 3.54. The molecule has 0 fully saturated rings. The summed E-state index contributed by atoms with van der Waals surface area (Å²) in [6.07, 6.45) is -2.26. The van der Waals surface area contributed by atoms with Crippen LogP contribution in [0.2, 0.25) is 0 Å². The summed E-state index contributed by atoms with van der Waals surface area (Å²) in [5, 5.41) is 25.4. The van der Waals surface area contributed by atoms with E-state index in [1.165, 1.54) is 0 Å². The minimum atomic E-state index is -1.14. The van der Waals surface area contributed by atoms with E-state index in [1.54, 1.807) is 24.3 Å². The molecule has 1 rings (SSSR count). The van der Waals surface area contributed by atoms with Crippen LogP contribution in [-0.2, 0) is 0 Å². The lowest BCUT2D eigenvalue weighted by atomic mass is 10.0. The van der Waals surface area contributed by atoms with Crippen molar-refractivity contribution < 1.29 is 10.2 Å². The topological polar surface area (TPSA) is 127 Å². The Hall–Kier alpha value is -1.86. The summed E-state index contributed by atoms with van der Waals surface area (Å²) in [7, 11) is 0. The van der Waals surface area contributed by atoms with Gasteiger partial charge in [-0.3, -0.25) is 0 Å². The van der Waals surface area contributed by atoms with Crippen LogP contribution in [0, 0.1) is 0 Å². The van der Waals surface area contributed by atoms with E-state index >= 15 is 0 Å². The minimum Gasteiger partial charge on any atom is -0.390 e. The van der Waals surface area contributed by atoms with Crippen molar-refractivity contribution in [3.63, 3.8) is 0 Å². The number of benzene rings is 1. The van der Waals surface area contributed by atoms with Gasteiger partial charge in [-0.05, 0) is 35.4 Å². The average Bonchev–Trinajstić information content (AvgIpc) is 2.35. The van der Waals surface area contributed by atoms with Crippen molar-refractivity contribution >= 4 is 23.0 Å². The quantitative estimate of drug-likeness (QED) is 0.274. The summed E-state index contributed by atoms with van der Waals surface area (Å²) >= 11 is 4.68. The molecule has 7 nitrogen and oxygen atoms in total. The number of aliphatic hydroxyl groups is 2. The first kappa shape index (κ1) is 14.2. The van der Waals surface area contributed by atoms with Gasteiger partial charge in [0.2, 0.25) is 0 Å². The van der Waals surface area contributed by atoms with Crippen LogP contribution >= 0.6 is 12.2 Å². The van der Waals surface area contributed by atoms with Crippen molar-refractivity contribution in [2.24, 2.45) is 10.8 Å². The first-order chi connectivity index (χ1) is 8.54. The highest BCUT2D eigenvalue weighted by Gasteiger charge is 2.17. The maximum absolute atomic E-state index is 9.78. The van der Waals surface area contributed by atoms with Crippen LogP contribution in [0.15, 0.2) is 29.4 Å². The van der Waals surface area contributed by atoms with Crippen LogP contribution in [-0.4, -0.2) is 28.0 Å². The monoisotopic (exact) mass is 267 g/mol. The molecule has 0 aliphatic carbocycles. The molecule has 1 aromatic carbocycles. The smallest absolute Gasteiger partial charge is 0.168 e. The molecule has 0 bridgehead atoms. The van der Waals surface area contributed by atoms with Crippen molar-refractivity contribution in [3.8, 4) is 0 Å². The fourth-order valence-electron chi connectivity index (χ4n) is 1.35. The molecule has 0 spiro atoms. The molecule has 0 radical (unpaired) electrons. The van der Waals surface area contributed by atoms with E-state index in [0.717, 1.165) is 0 Å². The van der Waals surface area contributed by atoms with Crippen LogP contribution in [0.25, 0.3) is 10.4 Å². The number of azide groups is 1. The highest BCUT2D eigenvalue weighted by molar-refractivity contribution is 7.80. The second-order valence-corrected chi connectivity index (χ2v) is 3.98. The normalized spacial score (nSPS) is 13.2. The van der Waals surface area contributed by atoms with Gasteiger partial charge in [0, 0.05) is 10.6 Å². The van der Waals surface area contributed by atoms with Gasteiger partial charge in [-0.2, -0.15) is 0 Å². The largest absolute Gasteiger partial charge is 0.390 e. The SMILES string of the molecule is [N-]=[N+]=NCC(O)C(O)c1ccc(NC(N)=S)cc1. The van der Waals surface area contributed by atoms with Crippen LogP contribution in [0.3, 0.4) is 0 Å². The Balaban J connectivity index is 2.71. The molecule has 18 heavy (non-hydrogen) atoms. The van der Waals surface area contributed by atoms with Crippen LogP contribution in [0.5, 0.6) is 0 Å². The summed E-state index contributed by atoms with van der Waals surface area (Å²) in [6.45, 7) is -0.190. The molecule has 0 aromatic heterocycles. The molecule has 0 aliphatic rings. The van der Waals surface area contributed by atoms with Gasteiger partial charge in [0.05, 0.1) is 12.6 Å². The van der Waals surface area contributed by atoms with Gasteiger partial charge < -0.3 is 21.3 Å². The molecular weight excluding hydrogens is 254 g/mol. The molecular formula is C10H13N5O2S. The summed E-state index contributed by atoms with van der Waals surface area (Å²) < 4.78 is 0. The maximum Gasteiger partial charge on any atom is 0.168 e. The fourth-order valence-corrected chi connectivity index (χ4v) is 1.47. The molecule has 0 heterocycles. The van der Waals surface area contributed by atoms with Gasteiger partial charge in [-0.1, -0.05) is 17.2 Å². The first-order valence-electron chi connectivity index (χ1n) is 5.08. The van der Waals surface area contributed by atoms with Crippen LogP contribution in [0.1, 0.15) is 11.7 Å². The van der Waals surface area contributed by atoms with Gasteiger partial charge in [0.1, 0.15) is 6.10 Å². The van der Waals surface area contributed by atoms with E-state index < -0.39 is 12.2 Å². The molecule has 0 saturated heterocycles. The number of aliphatic hydroxyl groups excluding tert-OH is 2. The number of hydrogen-bond donors (Lipinski definition) is 4. The highest BCUT2D eigenvalue weighted by atomic mass is 32.1. The van der Waals surface area contributed by atoms with E-state index in [2.05, 4.69) is 27.6 Å². The van der Waals surface area contributed by atoms with Crippen LogP contribution in [0.4, 0.5) is 5.69 Å². The van der Waals surface area contributed by atoms with E-state index in [9.17, 15) is 10.2 Å². The molecule has 1 aromatic rings. The first-order valence-corrected chi connectivity index (χ1v) is 5.49. The lowest BCUT2D eigenvalue weighted by Gasteiger charge is -2.16. The Morgan fingerprint density at radius 2 is 2.06 bits per heavy atom. The Morgan fingerprint density at radius 3 is 2.56 bits per heavy atom. The van der Waals surface area contributed by atoms with Gasteiger partial charge in [-0.15, -0.1) is 0 Å². The molecule has 5 N–H and O–H groups in total. The predicted octanol–water partition coefficient (Wildman–Crippen LogP) is 1.05. The molecule has 2 atom stereocenters. The zero-order valence-electron chi connectivity index (χ0n) is 9.39. The molecule has 8 heteroatoms. The van der Waals surface area contributed by atoms with E-state index in [4.69, 9.17) is 11.3 Å². The fraction of sp³-hybridized carbons (Fsp3) is 0.300. The third-order valence-corrected chi connectivity index (χ3v) is 2.32. The number of anilines is 1. The van der Waals surface area contributed by atoms with E-state index in [0.29, 0.717) is 11.3 Å². The van der Waals surface area contributed by atoms with Crippen LogP contribution < -0.4 is 11.1 Å². The minimum absolute atomic E-state index is 0.145. The van der Waals surface area contributed by atoms with E-state index in [-0.39, 0.29) is 11.7 Å². The van der Waals surface area contributed by atoms with Gasteiger partial charge in [-0.25, -0.2) is 0 Å². The van der Waals surface area contributed by atoms with Gasteiger partial charge >= 0.3 is 0 Å². The number of nitrogens with one attached hydrogen (secondary N) is 1. The van der Waals surface area contributed by atoms with Gasteiger partial charge in [0.15, 0.2) is 5.11 Å². The average molecular weight is 267 g/mol. The van der Waals surface area contributed by atoms with Crippen molar-refractivity contribution in [1.82, 2.24) is 0 Å². The zero-order valence-corrected chi connectivity index (χ0v) is 10.2. The number of nitrogens with zero attached hydrogens (tertiary/aromatic N) is 3. The zero-order chi connectivity index (χ0) is 13.5. The Kier molecular flexibility index (Phi) is 5.34. The third kappa shape index (κ3) is 4.19. The number of rotatable bonds is 5. The lowest BCUT2D eigenvalue weighted by Crippen LogP contribution is -2.21. The van der Waals surface area contributed by atoms with Gasteiger partial charge in [0.25, 0.3) is 0 Å². The summed E-state index contributed by atoms with van der Waals surface area (Å²) in [4.78, 5) is 2.51. The standard InChI is InChI=1S/C10H13N5O2S/c11-10(18)14-7-3-1-6(2-4-7)9(17)8(16)5-13-15-12/h1-4,8-9,16-17H,5H2,(H3,11,14,18). The maximum atomic E-state index is 9.78. The van der Waals surface area contributed by atoms with Crippen molar-refractivity contribution in [2.75, 3.05) is 11.9 Å². The highest BCUT2D eigenvalue weighted by Crippen LogP contribution is 2.19. The molecule has 0 saturated carbocycles. The molecule has 0 amide bonds. The Morgan fingerprint density at radius 1 is 1.44 bits per heavy atom. The second kappa shape index (κ2) is 6.77.